The summed E-state index contributed by atoms with van der Waals surface area (Å²) >= 11 is 3.25. The molecule has 9 heteroatoms. The Morgan fingerprint density at radius 2 is 2.07 bits per heavy atom. The zero-order chi connectivity index (χ0) is 19.4. The van der Waals surface area contributed by atoms with Gasteiger partial charge in [-0.1, -0.05) is 28.1 Å². The summed E-state index contributed by atoms with van der Waals surface area (Å²) in [5.74, 6) is -0.290. The minimum absolute atomic E-state index is 0.0266. The lowest BCUT2D eigenvalue weighted by atomic mass is 10.2. The van der Waals surface area contributed by atoms with Crippen LogP contribution in [0.3, 0.4) is 0 Å². The van der Waals surface area contributed by atoms with Gasteiger partial charge in [0.15, 0.2) is 6.61 Å². The Morgan fingerprint density at radius 3 is 2.85 bits per heavy atom. The number of benzene rings is 2. The van der Waals surface area contributed by atoms with E-state index >= 15 is 0 Å². The first-order valence-corrected chi connectivity index (χ1v) is 8.75. The molecule has 0 atom stereocenters. The molecule has 142 valence electrons. The molecule has 2 amide bonds. The van der Waals surface area contributed by atoms with Crippen molar-refractivity contribution in [2.45, 2.75) is 13.2 Å². The Morgan fingerprint density at radius 1 is 1.30 bits per heavy atom. The minimum Gasteiger partial charge on any atom is -0.482 e. The maximum atomic E-state index is 12.5. The van der Waals surface area contributed by atoms with Crippen LogP contribution in [0.2, 0.25) is 0 Å². The maximum Gasteiger partial charge on any atom is 0.387 e. The van der Waals surface area contributed by atoms with Gasteiger partial charge in [-0.2, -0.15) is 8.78 Å². The van der Waals surface area contributed by atoms with Crippen molar-refractivity contribution in [3.8, 4) is 11.5 Å². The molecule has 1 N–H and O–H groups in total. The monoisotopic (exact) mass is 440 g/mol. The van der Waals surface area contributed by atoms with Crippen LogP contribution in [0.4, 0.5) is 14.5 Å². The molecular formula is C18H15BrF2N2O4. The third kappa shape index (κ3) is 4.73. The average Bonchev–Trinajstić information content (AvgIpc) is 2.64. The fourth-order valence-electron chi connectivity index (χ4n) is 2.62. The van der Waals surface area contributed by atoms with Crippen molar-refractivity contribution >= 4 is 33.4 Å². The first kappa shape index (κ1) is 19.1. The summed E-state index contributed by atoms with van der Waals surface area (Å²) in [6.45, 7) is -3.36. The number of halogens is 3. The molecule has 0 aliphatic carbocycles. The molecule has 2 aromatic carbocycles. The van der Waals surface area contributed by atoms with Crippen molar-refractivity contribution in [3.05, 3.63) is 52.5 Å². The lowest BCUT2D eigenvalue weighted by Gasteiger charge is -2.28. The number of nitrogens with one attached hydrogen (secondary N) is 1. The number of alkyl halides is 2. The second-order valence-corrected chi connectivity index (χ2v) is 6.56. The van der Waals surface area contributed by atoms with Crippen LogP contribution in [0.5, 0.6) is 11.5 Å². The Bertz CT molecular complexity index is 863. The molecule has 0 saturated heterocycles. The van der Waals surface area contributed by atoms with Gasteiger partial charge in [-0.05, 0) is 30.3 Å². The quantitative estimate of drug-likeness (QED) is 0.749. The standard InChI is InChI=1S/C18H15BrF2N2O4/c19-12-5-6-14(27-18(20)21)11(7-12)8-22-16(24)9-23-13-3-1-2-4-15(13)26-10-17(23)25/h1-7,18H,8-10H2,(H,22,24). The number of hydrogen-bond acceptors (Lipinski definition) is 4. The highest BCUT2D eigenvalue weighted by molar-refractivity contribution is 9.10. The van der Waals surface area contributed by atoms with E-state index in [2.05, 4.69) is 26.0 Å². The number of rotatable bonds is 6. The number of carbonyl (C=O) groups is 2. The van der Waals surface area contributed by atoms with Crippen molar-refractivity contribution in [2.75, 3.05) is 18.1 Å². The highest BCUT2D eigenvalue weighted by atomic mass is 79.9. The van der Waals surface area contributed by atoms with E-state index in [-0.39, 0.29) is 31.4 Å². The lowest BCUT2D eigenvalue weighted by molar-refractivity contribution is -0.125. The normalized spacial score (nSPS) is 13.2. The molecule has 1 aliphatic rings. The second-order valence-electron chi connectivity index (χ2n) is 5.64. The van der Waals surface area contributed by atoms with E-state index in [9.17, 15) is 18.4 Å². The fourth-order valence-corrected chi connectivity index (χ4v) is 3.03. The zero-order valence-corrected chi connectivity index (χ0v) is 15.5. The molecule has 0 spiro atoms. The molecule has 6 nitrogen and oxygen atoms in total. The number of fused-ring (bicyclic) bond motifs is 1. The predicted octanol–water partition coefficient (Wildman–Crippen LogP) is 3.09. The number of amides is 2. The van der Waals surface area contributed by atoms with Gasteiger partial charge >= 0.3 is 6.61 Å². The van der Waals surface area contributed by atoms with Gasteiger partial charge in [0.1, 0.15) is 18.0 Å². The SMILES string of the molecule is O=C(CN1C(=O)COc2ccccc21)NCc1cc(Br)ccc1OC(F)F. The Hall–Kier alpha value is -2.68. The molecule has 27 heavy (non-hydrogen) atoms. The Kier molecular flexibility index (Phi) is 5.90. The first-order valence-electron chi connectivity index (χ1n) is 7.96. The molecule has 0 radical (unpaired) electrons. The van der Waals surface area contributed by atoms with Crippen LogP contribution in [0, 0.1) is 0 Å². The Balaban J connectivity index is 1.67. The van der Waals surface area contributed by atoms with Gasteiger partial charge in [0.2, 0.25) is 5.91 Å². The molecule has 3 rings (SSSR count). The van der Waals surface area contributed by atoms with Gasteiger partial charge in [-0.25, -0.2) is 0 Å². The number of nitrogens with zero attached hydrogens (tertiary/aromatic N) is 1. The predicted molar refractivity (Wildman–Crippen MR) is 96.9 cm³/mol. The summed E-state index contributed by atoms with van der Waals surface area (Å²) in [6.07, 6.45) is 0. The molecular weight excluding hydrogens is 426 g/mol. The van der Waals surface area contributed by atoms with E-state index in [1.54, 1.807) is 36.4 Å². The van der Waals surface area contributed by atoms with Gasteiger partial charge in [-0.15, -0.1) is 0 Å². The maximum absolute atomic E-state index is 12.5. The highest BCUT2D eigenvalue weighted by Gasteiger charge is 2.26. The van der Waals surface area contributed by atoms with E-state index in [0.717, 1.165) is 0 Å². The van der Waals surface area contributed by atoms with Gasteiger partial charge in [0, 0.05) is 16.6 Å². The molecule has 2 aromatic rings. The minimum atomic E-state index is -2.97. The van der Waals surface area contributed by atoms with Crippen molar-refractivity contribution in [1.82, 2.24) is 5.32 Å². The zero-order valence-electron chi connectivity index (χ0n) is 14.0. The first-order chi connectivity index (χ1) is 12.9. The summed E-state index contributed by atoms with van der Waals surface area (Å²) in [4.78, 5) is 25.7. The average molecular weight is 441 g/mol. The van der Waals surface area contributed by atoms with Crippen LogP contribution in [0.25, 0.3) is 0 Å². The van der Waals surface area contributed by atoms with Gasteiger partial charge in [0.05, 0.1) is 5.69 Å². The number of carbonyl (C=O) groups excluding carboxylic acids is 2. The number of anilines is 1. The molecule has 0 fully saturated rings. The third-order valence-electron chi connectivity index (χ3n) is 3.82. The van der Waals surface area contributed by atoms with Crippen molar-refractivity contribution < 1.29 is 27.8 Å². The lowest BCUT2D eigenvalue weighted by Crippen LogP contribution is -2.45. The second kappa shape index (κ2) is 8.34. The van der Waals surface area contributed by atoms with E-state index in [4.69, 9.17) is 4.74 Å². The molecule has 0 bridgehead atoms. The molecule has 0 unspecified atom stereocenters. The molecule has 0 saturated carbocycles. The third-order valence-corrected chi connectivity index (χ3v) is 4.32. The molecule has 0 aromatic heterocycles. The van der Waals surface area contributed by atoms with Crippen LogP contribution in [0.15, 0.2) is 46.9 Å². The van der Waals surface area contributed by atoms with E-state index in [0.29, 0.717) is 21.5 Å². The van der Waals surface area contributed by atoms with E-state index in [1.165, 1.54) is 11.0 Å². The van der Waals surface area contributed by atoms with Crippen LogP contribution in [-0.2, 0) is 16.1 Å². The smallest absolute Gasteiger partial charge is 0.387 e. The number of hydrogen-bond donors (Lipinski definition) is 1. The van der Waals surface area contributed by atoms with Crippen molar-refractivity contribution in [1.29, 1.82) is 0 Å². The summed E-state index contributed by atoms with van der Waals surface area (Å²) in [5.41, 5.74) is 0.889. The van der Waals surface area contributed by atoms with Crippen LogP contribution in [0.1, 0.15) is 5.56 Å². The van der Waals surface area contributed by atoms with Gasteiger partial charge in [-0.3, -0.25) is 14.5 Å². The van der Waals surface area contributed by atoms with Crippen molar-refractivity contribution in [3.63, 3.8) is 0 Å². The van der Waals surface area contributed by atoms with Crippen LogP contribution < -0.4 is 19.7 Å². The fraction of sp³-hybridized carbons (Fsp3) is 0.222. The largest absolute Gasteiger partial charge is 0.482 e. The topological polar surface area (TPSA) is 67.9 Å². The molecule has 1 aliphatic heterocycles. The summed E-state index contributed by atoms with van der Waals surface area (Å²) in [5, 5.41) is 2.62. The highest BCUT2D eigenvalue weighted by Crippen LogP contribution is 2.31. The summed E-state index contributed by atoms with van der Waals surface area (Å²) < 4.78 is 35.5. The molecule has 1 heterocycles. The van der Waals surface area contributed by atoms with Crippen LogP contribution in [-0.4, -0.2) is 31.6 Å². The van der Waals surface area contributed by atoms with Gasteiger partial charge < -0.3 is 14.8 Å². The van der Waals surface area contributed by atoms with E-state index < -0.39 is 12.5 Å². The van der Waals surface area contributed by atoms with Crippen molar-refractivity contribution in [2.24, 2.45) is 0 Å². The summed E-state index contributed by atoms with van der Waals surface area (Å²) in [7, 11) is 0. The Labute approximate surface area is 162 Å². The van der Waals surface area contributed by atoms with Gasteiger partial charge in [0.25, 0.3) is 5.91 Å². The van der Waals surface area contributed by atoms with Crippen LogP contribution >= 0.6 is 15.9 Å². The summed E-state index contributed by atoms with van der Waals surface area (Å²) in [6, 6.07) is 11.4. The number of para-hydroxylation sites is 2. The number of ether oxygens (including phenoxy) is 2. The van der Waals surface area contributed by atoms with E-state index in [1.807, 2.05) is 0 Å².